The van der Waals surface area contributed by atoms with Gasteiger partial charge in [-0.3, -0.25) is 14.1 Å². The molecule has 0 saturated carbocycles. The Balaban J connectivity index is 2.83. The van der Waals surface area contributed by atoms with Crippen LogP contribution >= 0.6 is 0 Å². The fourth-order valence-electron chi connectivity index (χ4n) is 1.36. The third-order valence-corrected chi connectivity index (χ3v) is 4.59. The van der Waals surface area contributed by atoms with E-state index in [9.17, 15) is 21.6 Å². The molecule has 0 fully saturated rings. The minimum absolute atomic E-state index is 0.0750. The highest BCUT2D eigenvalue weighted by atomic mass is 32.2. The Morgan fingerprint density at radius 2 is 1.90 bits per heavy atom. The van der Waals surface area contributed by atoms with Crippen molar-refractivity contribution < 1.29 is 31.3 Å². The molecule has 118 valence electrons. The van der Waals surface area contributed by atoms with Crippen molar-refractivity contribution in [3.8, 4) is 0 Å². The Hall–Kier alpha value is -1.69. The molecule has 1 rings (SSSR count). The molecule has 11 heteroatoms. The van der Waals surface area contributed by atoms with E-state index in [2.05, 4.69) is 4.72 Å². The predicted octanol–water partition coefficient (Wildman–Crippen LogP) is -0.523. The van der Waals surface area contributed by atoms with Gasteiger partial charge in [0.15, 0.2) is 0 Å². The number of nitrogens with one attached hydrogen (secondary N) is 1. The second kappa shape index (κ2) is 6.39. The normalized spacial score (nSPS) is 13.6. The van der Waals surface area contributed by atoms with Crippen molar-refractivity contribution in [1.29, 1.82) is 0 Å². The van der Waals surface area contributed by atoms with Crippen LogP contribution in [0, 0.1) is 0 Å². The molecule has 0 radical (unpaired) electrons. The van der Waals surface area contributed by atoms with Crippen molar-refractivity contribution in [2.24, 2.45) is 5.73 Å². The molecular formula is C10H14N2O7S2. The van der Waals surface area contributed by atoms with E-state index in [4.69, 9.17) is 15.4 Å². The van der Waals surface area contributed by atoms with Crippen molar-refractivity contribution in [3.63, 3.8) is 0 Å². The Morgan fingerprint density at radius 1 is 1.29 bits per heavy atom. The minimum atomic E-state index is -4.45. The largest absolute Gasteiger partial charge is 0.480 e. The third-order valence-electron chi connectivity index (χ3n) is 2.42. The summed E-state index contributed by atoms with van der Waals surface area (Å²) in [6.45, 7) is 0. The smallest absolute Gasteiger partial charge is 0.320 e. The molecule has 0 heterocycles. The summed E-state index contributed by atoms with van der Waals surface area (Å²) in [7, 11) is -8.35. The highest BCUT2D eigenvalue weighted by Gasteiger charge is 2.18. The zero-order valence-corrected chi connectivity index (χ0v) is 12.3. The van der Waals surface area contributed by atoms with E-state index in [1.165, 1.54) is 12.1 Å². The van der Waals surface area contributed by atoms with Gasteiger partial charge < -0.3 is 10.8 Å². The van der Waals surface area contributed by atoms with Gasteiger partial charge in [-0.1, -0.05) is 6.07 Å². The predicted molar refractivity (Wildman–Crippen MR) is 73.9 cm³/mol. The number of rotatable bonds is 7. The summed E-state index contributed by atoms with van der Waals surface area (Å²) in [4.78, 5) is 10.0. The molecule has 0 aromatic heterocycles. The van der Waals surface area contributed by atoms with Gasteiger partial charge in [-0.2, -0.15) is 8.42 Å². The number of aliphatic carboxylic acids is 1. The molecule has 0 saturated heterocycles. The maximum Gasteiger partial charge on any atom is 0.320 e. The Kier molecular flexibility index (Phi) is 5.28. The molecule has 0 aliphatic rings. The molecule has 1 aromatic rings. The first-order valence-corrected chi connectivity index (χ1v) is 8.67. The second-order valence-corrected chi connectivity index (χ2v) is 7.42. The maximum absolute atomic E-state index is 11.7. The molecule has 0 aliphatic heterocycles. The average molecular weight is 338 g/mol. The SMILES string of the molecule is N[C@@H](CCS(=O)(=O)Nc1cccc(S(=O)(=O)O)c1)C(=O)O. The molecule has 1 aromatic carbocycles. The molecule has 9 nitrogen and oxygen atoms in total. The van der Waals surface area contributed by atoms with Gasteiger partial charge in [0.2, 0.25) is 10.0 Å². The van der Waals surface area contributed by atoms with Crippen molar-refractivity contribution in [2.45, 2.75) is 17.4 Å². The lowest BCUT2D eigenvalue weighted by Crippen LogP contribution is -2.33. The summed E-state index contributed by atoms with van der Waals surface area (Å²) >= 11 is 0. The Bertz CT molecular complexity index is 728. The molecule has 0 unspecified atom stereocenters. The van der Waals surface area contributed by atoms with Crippen molar-refractivity contribution in [1.82, 2.24) is 0 Å². The van der Waals surface area contributed by atoms with E-state index >= 15 is 0 Å². The molecule has 1 atom stereocenters. The summed E-state index contributed by atoms with van der Waals surface area (Å²) in [6.07, 6.45) is -0.303. The fraction of sp³-hybridized carbons (Fsp3) is 0.300. The number of carbonyl (C=O) groups is 1. The summed E-state index contributed by atoms with van der Waals surface area (Å²) in [5.74, 6) is -1.87. The van der Waals surface area contributed by atoms with Crippen LogP contribution in [0.3, 0.4) is 0 Å². The number of hydrogen-bond acceptors (Lipinski definition) is 6. The van der Waals surface area contributed by atoms with Gasteiger partial charge in [0.25, 0.3) is 10.1 Å². The van der Waals surface area contributed by atoms with Gasteiger partial charge in [0, 0.05) is 5.69 Å². The molecule has 5 N–H and O–H groups in total. The number of carboxylic acid groups (broad SMARTS) is 1. The van der Waals surface area contributed by atoms with E-state index in [0.29, 0.717) is 0 Å². The van der Waals surface area contributed by atoms with Crippen LogP contribution in [-0.4, -0.2) is 44.3 Å². The van der Waals surface area contributed by atoms with Crippen molar-refractivity contribution in [3.05, 3.63) is 24.3 Å². The van der Waals surface area contributed by atoms with Crippen LogP contribution in [0.25, 0.3) is 0 Å². The summed E-state index contributed by atoms with van der Waals surface area (Å²) in [5, 5.41) is 8.56. The standard InChI is InChI=1S/C10H14N2O7S2/c11-9(10(13)14)4-5-20(15,16)12-7-2-1-3-8(6-7)21(17,18)19/h1-3,6,9,12H,4-5,11H2,(H,13,14)(H,17,18,19)/t9-/m0/s1. The zero-order chi connectivity index (χ0) is 16.3. The molecule has 0 spiro atoms. The van der Waals surface area contributed by atoms with E-state index in [-0.39, 0.29) is 12.1 Å². The van der Waals surface area contributed by atoms with Gasteiger partial charge in [-0.05, 0) is 24.6 Å². The maximum atomic E-state index is 11.7. The van der Waals surface area contributed by atoms with Crippen LogP contribution in [0.5, 0.6) is 0 Å². The lowest BCUT2D eigenvalue weighted by molar-refractivity contribution is -0.138. The number of anilines is 1. The number of carboxylic acids is 1. The second-order valence-electron chi connectivity index (χ2n) is 4.16. The minimum Gasteiger partial charge on any atom is -0.480 e. The van der Waals surface area contributed by atoms with Crippen LogP contribution in [0.2, 0.25) is 0 Å². The highest BCUT2D eigenvalue weighted by molar-refractivity contribution is 7.92. The summed E-state index contributed by atoms with van der Waals surface area (Å²) in [5.41, 5.74) is 5.12. The fourth-order valence-corrected chi connectivity index (χ4v) is 3.04. The molecular weight excluding hydrogens is 324 g/mol. The van der Waals surface area contributed by atoms with Crippen LogP contribution < -0.4 is 10.5 Å². The van der Waals surface area contributed by atoms with E-state index in [1.54, 1.807) is 0 Å². The van der Waals surface area contributed by atoms with Crippen LogP contribution in [0.15, 0.2) is 29.2 Å². The number of benzene rings is 1. The van der Waals surface area contributed by atoms with E-state index < -0.39 is 42.8 Å². The monoisotopic (exact) mass is 338 g/mol. The summed E-state index contributed by atoms with van der Waals surface area (Å²) < 4.78 is 56.2. The van der Waals surface area contributed by atoms with Crippen LogP contribution in [-0.2, 0) is 24.9 Å². The van der Waals surface area contributed by atoms with E-state index in [1.807, 2.05) is 0 Å². The average Bonchev–Trinajstić information content (AvgIpc) is 2.34. The number of hydrogen-bond donors (Lipinski definition) is 4. The van der Waals surface area contributed by atoms with Gasteiger partial charge in [-0.15, -0.1) is 0 Å². The highest BCUT2D eigenvalue weighted by Crippen LogP contribution is 2.16. The molecule has 0 bridgehead atoms. The number of nitrogens with two attached hydrogens (primary N) is 1. The Morgan fingerprint density at radius 3 is 2.43 bits per heavy atom. The van der Waals surface area contributed by atoms with Crippen LogP contribution in [0.4, 0.5) is 5.69 Å². The lowest BCUT2D eigenvalue weighted by atomic mass is 10.2. The van der Waals surface area contributed by atoms with Gasteiger partial charge in [0.1, 0.15) is 6.04 Å². The Labute approximate surface area is 121 Å². The van der Waals surface area contributed by atoms with Crippen molar-refractivity contribution >= 4 is 31.8 Å². The molecule has 21 heavy (non-hydrogen) atoms. The first kappa shape index (κ1) is 17.4. The topological polar surface area (TPSA) is 164 Å². The quantitative estimate of drug-likeness (QED) is 0.482. The molecule has 0 amide bonds. The first-order valence-electron chi connectivity index (χ1n) is 5.58. The van der Waals surface area contributed by atoms with Gasteiger partial charge >= 0.3 is 5.97 Å². The first-order chi connectivity index (χ1) is 9.51. The van der Waals surface area contributed by atoms with Crippen molar-refractivity contribution in [2.75, 3.05) is 10.5 Å². The van der Waals surface area contributed by atoms with Gasteiger partial charge in [-0.25, -0.2) is 8.42 Å². The third kappa shape index (κ3) is 5.67. The van der Waals surface area contributed by atoms with E-state index in [0.717, 1.165) is 12.1 Å². The number of sulfonamides is 1. The summed E-state index contributed by atoms with van der Waals surface area (Å²) in [6, 6.07) is 3.23. The van der Waals surface area contributed by atoms with Crippen LogP contribution in [0.1, 0.15) is 6.42 Å². The zero-order valence-electron chi connectivity index (χ0n) is 10.6. The lowest BCUT2D eigenvalue weighted by Gasteiger charge is -2.10. The molecule has 0 aliphatic carbocycles. The van der Waals surface area contributed by atoms with Gasteiger partial charge in [0.05, 0.1) is 10.6 Å².